The highest BCUT2D eigenvalue weighted by atomic mass is 19.1. The van der Waals surface area contributed by atoms with Gasteiger partial charge >= 0.3 is 5.97 Å². The van der Waals surface area contributed by atoms with E-state index in [2.05, 4.69) is 0 Å². The standard InChI is InChI=1S/C13H16F2O3/c1-2-3-4-18-13(17)8-12(16)9-5-10(14)7-11(15)6-9/h5-7,12,16H,2-4,8H2,1H3. The summed E-state index contributed by atoms with van der Waals surface area (Å²) in [5.74, 6) is -2.16. The average molecular weight is 258 g/mol. The first kappa shape index (κ1) is 14.6. The molecule has 0 aliphatic heterocycles. The molecule has 0 radical (unpaired) electrons. The van der Waals surface area contributed by atoms with Crippen molar-refractivity contribution in [3.63, 3.8) is 0 Å². The van der Waals surface area contributed by atoms with Crippen LogP contribution in [-0.2, 0) is 9.53 Å². The predicted molar refractivity (Wildman–Crippen MR) is 61.8 cm³/mol. The lowest BCUT2D eigenvalue weighted by molar-refractivity contribution is -0.146. The highest BCUT2D eigenvalue weighted by Crippen LogP contribution is 2.19. The van der Waals surface area contributed by atoms with Crippen LogP contribution in [-0.4, -0.2) is 17.7 Å². The van der Waals surface area contributed by atoms with Crippen LogP contribution < -0.4 is 0 Å². The Morgan fingerprint density at radius 2 is 1.94 bits per heavy atom. The molecular weight excluding hydrogens is 242 g/mol. The van der Waals surface area contributed by atoms with Crippen LogP contribution in [0.1, 0.15) is 37.9 Å². The molecule has 0 bridgehead atoms. The zero-order valence-corrected chi connectivity index (χ0v) is 10.2. The maximum absolute atomic E-state index is 12.9. The molecule has 0 fully saturated rings. The zero-order chi connectivity index (χ0) is 13.5. The van der Waals surface area contributed by atoms with E-state index >= 15 is 0 Å². The van der Waals surface area contributed by atoms with Crippen molar-refractivity contribution >= 4 is 5.97 Å². The van der Waals surface area contributed by atoms with E-state index in [1.807, 2.05) is 6.92 Å². The van der Waals surface area contributed by atoms with Crippen LogP contribution in [0.25, 0.3) is 0 Å². The van der Waals surface area contributed by atoms with Crippen molar-refractivity contribution in [3.8, 4) is 0 Å². The topological polar surface area (TPSA) is 46.5 Å². The van der Waals surface area contributed by atoms with Gasteiger partial charge in [-0.15, -0.1) is 0 Å². The van der Waals surface area contributed by atoms with Crippen LogP contribution in [0, 0.1) is 11.6 Å². The van der Waals surface area contributed by atoms with Gasteiger partial charge in [-0.25, -0.2) is 8.78 Å². The lowest BCUT2D eigenvalue weighted by Crippen LogP contribution is -2.11. The summed E-state index contributed by atoms with van der Waals surface area (Å²) in [6.45, 7) is 2.25. The Hall–Kier alpha value is -1.49. The van der Waals surface area contributed by atoms with Crippen LogP contribution in [0.4, 0.5) is 8.78 Å². The van der Waals surface area contributed by atoms with Crippen LogP contribution in [0.2, 0.25) is 0 Å². The Morgan fingerprint density at radius 3 is 2.50 bits per heavy atom. The van der Waals surface area contributed by atoms with Gasteiger partial charge in [0.05, 0.1) is 19.1 Å². The van der Waals surface area contributed by atoms with E-state index in [0.29, 0.717) is 12.7 Å². The molecule has 0 aromatic heterocycles. The maximum Gasteiger partial charge on any atom is 0.308 e. The van der Waals surface area contributed by atoms with E-state index in [-0.39, 0.29) is 12.0 Å². The van der Waals surface area contributed by atoms with Gasteiger partial charge in [0.2, 0.25) is 0 Å². The van der Waals surface area contributed by atoms with E-state index in [1.54, 1.807) is 0 Å². The van der Waals surface area contributed by atoms with Gasteiger partial charge in [0.1, 0.15) is 11.6 Å². The molecule has 18 heavy (non-hydrogen) atoms. The lowest BCUT2D eigenvalue weighted by atomic mass is 10.1. The molecule has 3 nitrogen and oxygen atoms in total. The third kappa shape index (κ3) is 4.79. The minimum Gasteiger partial charge on any atom is -0.466 e. The third-order valence-corrected chi connectivity index (χ3v) is 2.39. The van der Waals surface area contributed by atoms with Gasteiger partial charge in [0.25, 0.3) is 0 Å². The predicted octanol–water partition coefficient (Wildman–Crippen LogP) is 2.73. The minimum absolute atomic E-state index is 0.0277. The van der Waals surface area contributed by atoms with Crippen LogP contribution in [0.5, 0.6) is 0 Å². The number of halogens is 2. The Labute approximate surface area is 104 Å². The van der Waals surface area contributed by atoms with E-state index in [0.717, 1.165) is 25.0 Å². The quantitative estimate of drug-likeness (QED) is 0.630. The monoisotopic (exact) mass is 258 g/mol. The molecule has 0 amide bonds. The molecule has 1 rings (SSSR count). The smallest absolute Gasteiger partial charge is 0.308 e. The third-order valence-electron chi connectivity index (χ3n) is 2.39. The van der Waals surface area contributed by atoms with Gasteiger partial charge in [-0.2, -0.15) is 0 Å². The second kappa shape index (κ2) is 7.06. The molecule has 0 aliphatic rings. The number of hydrogen-bond acceptors (Lipinski definition) is 3. The molecule has 1 unspecified atom stereocenters. The fraction of sp³-hybridized carbons (Fsp3) is 0.462. The first-order valence-corrected chi connectivity index (χ1v) is 5.82. The van der Waals surface area contributed by atoms with Crippen molar-refractivity contribution in [1.29, 1.82) is 0 Å². The van der Waals surface area contributed by atoms with Crippen LogP contribution >= 0.6 is 0 Å². The van der Waals surface area contributed by atoms with Gasteiger partial charge < -0.3 is 9.84 Å². The molecule has 0 heterocycles. The molecule has 0 saturated heterocycles. The first-order chi connectivity index (χ1) is 8.52. The normalized spacial score (nSPS) is 12.2. The van der Waals surface area contributed by atoms with Crippen LogP contribution in [0.15, 0.2) is 18.2 Å². The largest absolute Gasteiger partial charge is 0.466 e. The second-order valence-corrected chi connectivity index (χ2v) is 4.00. The number of unbranched alkanes of at least 4 members (excludes halogenated alkanes) is 1. The fourth-order valence-electron chi connectivity index (χ4n) is 1.43. The SMILES string of the molecule is CCCCOC(=O)CC(O)c1cc(F)cc(F)c1. The molecule has 1 aromatic rings. The molecule has 0 aliphatic carbocycles. The van der Waals surface area contributed by atoms with Gasteiger partial charge in [-0.05, 0) is 24.1 Å². The van der Waals surface area contributed by atoms with E-state index in [4.69, 9.17) is 4.74 Å². The molecule has 1 N–H and O–H groups in total. The molecule has 0 spiro atoms. The maximum atomic E-state index is 12.9. The summed E-state index contributed by atoms with van der Waals surface area (Å²) in [6, 6.07) is 2.69. The lowest BCUT2D eigenvalue weighted by Gasteiger charge is -2.11. The fourth-order valence-corrected chi connectivity index (χ4v) is 1.43. The van der Waals surface area contributed by atoms with Crippen LogP contribution in [0.3, 0.4) is 0 Å². The Bertz CT molecular complexity index is 387. The molecule has 0 saturated carbocycles. The second-order valence-electron chi connectivity index (χ2n) is 4.00. The Balaban J connectivity index is 2.53. The zero-order valence-electron chi connectivity index (χ0n) is 10.2. The summed E-state index contributed by atoms with van der Waals surface area (Å²) in [6.07, 6.45) is 0.0675. The molecule has 5 heteroatoms. The number of carbonyl (C=O) groups excluding carboxylic acids is 1. The molecule has 1 aromatic carbocycles. The van der Waals surface area contributed by atoms with E-state index in [1.165, 1.54) is 0 Å². The molecule has 100 valence electrons. The van der Waals surface area contributed by atoms with Gasteiger partial charge in [-0.1, -0.05) is 13.3 Å². The number of carbonyl (C=O) groups is 1. The van der Waals surface area contributed by atoms with Crippen molar-refractivity contribution in [3.05, 3.63) is 35.4 Å². The number of benzene rings is 1. The number of ether oxygens (including phenoxy) is 1. The number of hydrogen-bond donors (Lipinski definition) is 1. The number of aliphatic hydroxyl groups excluding tert-OH is 1. The molecular formula is C13H16F2O3. The van der Waals surface area contributed by atoms with E-state index < -0.39 is 23.7 Å². The van der Waals surface area contributed by atoms with Crippen molar-refractivity contribution in [2.75, 3.05) is 6.61 Å². The van der Waals surface area contributed by atoms with Crippen molar-refractivity contribution < 1.29 is 23.4 Å². The summed E-state index contributed by atoms with van der Waals surface area (Å²) in [7, 11) is 0. The summed E-state index contributed by atoms with van der Waals surface area (Å²) in [4.78, 5) is 11.3. The van der Waals surface area contributed by atoms with Gasteiger partial charge in [0, 0.05) is 6.07 Å². The summed E-state index contributed by atoms with van der Waals surface area (Å²) in [5, 5.41) is 9.66. The van der Waals surface area contributed by atoms with Gasteiger partial charge in [0.15, 0.2) is 0 Å². The summed E-state index contributed by atoms with van der Waals surface area (Å²) in [5.41, 5.74) is 0.0277. The highest BCUT2D eigenvalue weighted by molar-refractivity contribution is 5.70. The molecule has 1 atom stereocenters. The van der Waals surface area contributed by atoms with Crippen molar-refractivity contribution in [1.82, 2.24) is 0 Å². The first-order valence-electron chi connectivity index (χ1n) is 5.82. The minimum atomic E-state index is -1.26. The number of esters is 1. The summed E-state index contributed by atoms with van der Waals surface area (Å²) < 4.78 is 30.7. The van der Waals surface area contributed by atoms with Crippen molar-refractivity contribution in [2.24, 2.45) is 0 Å². The van der Waals surface area contributed by atoms with E-state index in [9.17, 15) is 18.7 Å². The van der Waals surface area contributed by atoms with Gasteiger partial charge in [-0.3, -0.25) is 4.79 Å². The number of rotatable bonds is 6. The summed E-state index contributed by atoms with van der Waals surface area (Å²) >= 11 is 0. The number of aliphatic hydroxyl groups is 1. The highest BCUT2D eigenvalue weighted by Gasteiger charge is 2.15. The Morgan fingerprint density at radius 1 is 1.33 bits per heavy atom. The Kier molecular flexibility index (Phi) is 5.71. The average Bonchev–Trinajstić information content (AvgIpc) is 2.28. The van der Waals surface area contributed by atoms with Crippen molar-refractivity contribution in [2.45, 2.75) is 32.3 Å².